The van der Waals surface area contributed by atoms with Crippen molar-refractivity contribution < 1.29 is 9.84 Å². The predicted octanol–water partition coefficient (Wildman–Crippen LogP) is 1.44. The lowest BCUT2D eigenvalue weighted by Crippen LogP contribution is -2.34. The molecule has 2 rings (SSSR count). The maximum Gasteiger partial charge on any atom is 0.155 e. The first-order valence-electron chi connectivity index (χ1n) is 4.97. The van der Waals surface area contributed by atoms with Gasteiger partial charge in [0.1, 0.15) is 5.75 Å². The summed E-state index contributed by atoms with van der Waals surface area (Å²) in [7, 11) is 1.61. The van der Waals surface area contributed by atoms with Crippen molar-refractivity contribution in [3.05, 3.63) is 29.3 Å². The van der Waals surface area contributed by atoms with E-state index in [9.17, 15) is 5.11 Å². The number of fused-ring (bicyclic) bond motifs is 1. The third kappa shape index (κ3) is 1.69. The van der Waals surface area contributed by atoms with Gasteiger partial charge in [0.25, 0.3) is 0 Å². The van der Waals surface area contributed by atoms with Gasteiger partial charge in [0.2, 0.25) is 0 Å². The van der Waals surface area contributed by atoms with E-state index in [4.69, 9.17) is 10.00 Å². The van der Waals surface area contributed by atoms with E-state index in [-0.39, 0.29) is 0 Å². The van der Waals surface area contributed by atoms with E-state index in [1.807, 2.05) is 24.3 Å². The molecule has 78 valence electrons. The van der Waals surface area contributed by atoms with Crippen LogP contribution in [-0.4, -0.2) is 17.8 Å². The molecule has 0 fully saturated rings. The number of ether oxygens (including phenoxy) is 1. The first-order chi connectivity index (χ1) is 7.18. The molecule has 3 heteroatoms. The van der Waals surface area contributed by atoms with Crippen LogP contribution in [0.1, 0.15) is 17.5 Å². The van der Waals surface area contributed by atoms with Crippen molar-refractivity contribution >= 4 is 0 Å². The Morgan fingerprint density at radius 2 is 2.33 bits per heavy atom. The van der Waals surface area contributed by atoms with Crippen LogP contribution >= 0.6 is 0 Å². The molecule has 1 unspecified atom stereocenters. The summed E-state index contributed by atoms with van der Waals surface area (Å²) in [6.07, 6.45) is 1.60. The highest BCUT2D eigenvalue weighted by Gasteiger charge is 2.33. The molecular formula is C12H13NO2. The quantitative estimate of drug-likeness (QED) is 0.702. The summed E-state index contributed by atoms with van der Waals surface area (Å²) in [5.74, 6) is 0.765. The summed E-state index contributed by atoms with van der Waals surface area (Å²) in [6, 6.07) is 7.80. The van der Waals surface area contributed by atoms with E-state index in [0.29, 0.717) is 12.8 Å². The Morgan fingerprint density at radius 1 is 1.53 bits per heavy atom. The molecule has 0 saturated carbocycles. The van der Waals surface area contributed by atoms with Crippen molar-refractivity contribution in [1.82, 2.24) is 0 Å². The van der Waals surface area contributed by atoms with Crippen LogP contribution in [0.4, 0.5) is 0 Å². The molecule has 1 aliphatic carbocycles. The normalized spacial score (nSPS) is 24.1. The Balaban J connectivity index is 2.44. The van der Waals surface area contributed by atoms with Gasteiger partial charge in [-0.25, -0.2) is 0 Å². The van der Waals surface area contributed by atoms with Gasteiger partial charge in [-0.15, -0.1) is 0 Å². The SMILES string of the molecule is COc1cccc2c1CC(O)(C#N)CC2. The zero-order chi connectivity index (χ0) is 10.9. The third-order valence-electron chi connectivity index (χ3n) is 2.94. The van der Waals surface area contributed by atoms with E-state index in [1.54, 1.807) is 7.11 Å². The average Bonchev–Trinajstić information content (AvgIpc) is 2.28. The smallest absolute Gasteiger partial charge is 0.155 e. The Hall–Kier alpha value is -1.53. The summed E-state index contributed by atoms with van der Waals surface area (Å²) in [6.45, 7) is 0. The van der Waals surface area contributed by atoms with Crippen LogP contribution in [-0.2, 0) is 12.8 Å². The minimum absolute atomic E-state index is 0.364. The number of aliphatic hydroxyl groups is 1. The first-order valence-corrected chi connectivity index (χ1v) is 4.97. The summed E-state index contributed by atoms with van der Waals surface area (Å²) in [5, 5.41) is 18.8. The molecule has 0 heterocycles. The van der Waals surface area contributed by atoms with Crippen LogP contribution in [0.15, 0.2) is 18.2 Å². The minimum Gasteiger partial charge on any atom is -0.496 e. The molecule has 3 nitrogen and oxygen atoms in total. The van der Waals surface area contributed by atoms with Crippen LogP contribution in [0.3, 0.4) is 0 Å². The van der Waals surface area contributed by atoms with E-state index in [0.717, 1.165) is 17.7 Å². The molecule has 1 aliphatic rings. The molecular weight excluding hydrogens is 190 g/mol. The van der Waals surface area contributed by atoms with Crippen LogP contribution in [0, 0.1) is 11.3 Å². The molecule has 0 amide bonds. The lowest BCUT2D eigenvalue weighted by Gasteiger charge is -2.28. The van der Waals surface area contributed by atoms with Gasteiger partial charge in [0.05, 0.1) is 13.2 Å². The van der Waals surface area contributed by atoms with E-state index in [2.05, 4.69) is 0 Å². The van der Waals surface area contributed by atoms with Crippen molar-refractivity contribution in [2.24, 2.45) is 0 Å². The molecule has 1 atom stereocenters. The standard InChI is InChI=1S/C12H13NO2/c1-15-11-4-2-3-9-5-6-12(14,8-13)7-10(9)11/h2-4,14H,5-7H2,1H3. The highest BCUT2D eigenvalue weighted by Crippen LogP contribution is 2.33. The van der Waals surface area contributed by atoms with Gasteiger partial charge >= 0.3 is 0 Å². The number of aryl methyl sites for hydroxylation is 1. The first kappa shape index (κ1) is 10.0. The summed E-state index contributed by atoms with van der Waals surface area (Å²) in [5.41, 5.74) is 0.923. The maximum atomic E-state index is 9.93. The molecule has 1 N–H and O–H groups in total. The Morgan fingerprint density at radius 3 is 3.00 bits per heavy atom. The Kier molecular flexibility index (Phi) is 2.37. The molecule has 0 radical (unpaired) electrons. The average molecular weight is 203 g/mol. The molecule has 0 aliphatic heterocycles. The second-order valence-corrected chi connectivity index (χ2v) is 3.92. The lowest BCUT2D eigenvalue weighted by atomic mass is 9.81. The van der Waals surface area contributed by atoms with E-state index in [1.165, 1.54) is 5.56 Å². The number of hydrogen-bond donors (Lipinski definition) is 1. The third-order valence-corrected chi connectivity index (χ3v) is 2.94. The summed E-state index contributed by atoms with van der Waals surface area (Å²) >= 11 is 0. The molecule has 0 aromatic heterocycles. The Bertz CT molecular complexity index is 408. The number of rotatable bonds is 1. The topological polar surface area (TPSA) is 53.2 Å². The number of nitrogens with zero attached hydrogens (tertiary/aromatic N) is 1. The van der Waals surface area contributed by atoms with Crippen molar-refractivity contribution in [2.45, 2.75) is 24.9 Å². The molecule has 0 saturated heterocycles. The van der Waals surface area contributed by atoms with Crippen LogP contribution in [0.25, 0.3) is 0 Å². The molecule has 0 bridgehead atoms. The summed E-state index contributed by atoms with van der Waals surface area (Å²) < 4.78 is 5.23. The molecule has 1 aromatic carbocycles. The van der Waals surface area contributed by atoms with Crippen molar-refractivity contribution in [3.8, 4) is 11.8 Å². The zero-order valence-electron chi connectivity index (χ0n) is 8.66. The minimum atomic E-state index is -1.22. The summed E-state index contributed by atoms with van der Waals surface area (Å²) in [4.78, 5) is 0. The monoisotopic (exact) mass is 203 g/mol. The van der Waals surface area contributed by atoms with Gasteiger partial charge in [-0.1, -0.05) is 12.1 Å². The van der Waals surface area contributed by atoms with Gasteiger partial charge in [0.15, 0.2) is 5.60 Å². The highest BCUT2D eigenvalue weighted by atomic mass is 16.5. The maximum absolute atomic E-state index is 9.93. The fraction of sp³-hybridized carbons (Fsp3) is 0.417. The van der Waals surface area contributed by atoms with E-state index < -0.39 is 5.60 Å². The molecule has 15 heavy (non-hydrogen) atoms. The Labute approximate surface area is 88.9 Å². The van der Waals surface area contributed by atoms with Crippen LogP contribution in [0.2, 0.25) is 0 Å². The lowest BCUT2D eigenvalue weighted by molar-refractivity contribution is 0.0831. The van der Waals surface area contributed by atoms with Crippen molar-refractivity contribution in [1.29, 1.82) is 5.26 Å². The zero-order valence-corrected chi connectivity index (χ0v) is 8.66. The van der Waals surface area contributed by atoms with Gasteiger partial charge in [-0.05, 0) is 24.5 Å². The fourth-order valence-electron chi connectivity index (χ4n) is 2.05. The van der Waals surface area contributed by atoms with Crippen LogP contribution in [0.5, 0.6) is 5.75 Å². The van der Waals surface area contributed by atoms with Gasteiger partial charge in [-0.2, -0.15) is 5.26 Å². The second kappa shape index (κ2) is 3.56. The number of hydrogen-bond acceptors (Lipinski definition) is 3. The molecule has 1 aromatic rings. The van der Waals surface area contributed by atoms with Crippen LogP contribution < -0.4 is 4.74 Å². The largest absolute Gasteiger partial charge is 0.496 e. The second-order valence-electron chi connectivity index (χ2n) is 3.92. The number of methoxy groups -OCH3 is 1. The number of benzene rings is 1. The number of nitriles is 1. The predicted molar refractivity (Wildman–Crippen MR) is 55.6 cm³/mol. The van der Waals surface area contributed by atoms with Gasteiger partial charge in [-0.3, -0.25) is 0 Å². The van der Waals surface area contributed by atoms with E-state index >= 15 is 0 Å². The van der Waals surface area contributed by atoms with Gasteiger partial charge < -0.3 is 9.84 Å². The highest BCUT2D eigenvalue weighted by molar-refractivity contribution is 5.44. The van der Waals surface area contributed by atoms with Gasteiger partial charge in [0, 0.05) is 12.0 Å². The fourth-order valence-corrected chi connectivity index (χ4v) is 2.05. The van der Waals surface area contributed by atoms with Crippen molar-refractivity contribution in [2.75, 3.05) is 7.11 Å². The molecule has 0 spiro atoms. The van der Waals surface area contributed by atoms with Crippen molar-refractivity contribution in [3.63, 3.8) is 0 Å².